The Morgan fingerprint density at radius 1 is 0.889 bits per heavy atom. The third-order valence-electron chi connectivity index (χ3n) is 2.71. The predicted octanol–water partition coefficient (Wildman–Crippen LogP) is 1.80. The van der Waals surface area contributed by atoms with Crippen molar-refractivity contribution in [2.75, 3.05) is 0 Å². The Kier molecular flexibility index (Phi) is 4.19. The van der Waals surface area contributed by atoms with Gasteiger partial charge < -0.3 is 4.76 Å². The summed E-state index contributed by atoms with van der Waals surface area (Å²) in [4.78, 5) is 0. The fraction of sp³-hybridized carbons (Fsp3) is 0.0667. The molecule has 2 rings (SSSR count). The van der Waals surface area contributed by atoms with Crippen molar-refractivity contribution in [3.05, 3.63) is 65.7 Å². The lowest BCUT2D eigenvalue weighted by atomic mass is 9.64. The van der Waals surface area contributed by atoms with Crippen molar-refractivity contribution >= 4 is 12.4 Å². The Hall–Kier alpha value is -2.02. The minimum absolute atomic E-state index is 0.0962. The Bertz CT molecular complexity index is 555. The van der Waals surface area contributed by atoms with E-state index in [9.17, 15) is 0 Å². The van der Waals surface area contributed by atoms with Gasteiger partial charge >= 0.3 is 6.92 Å². The first-order valence-corrected chi connectivity index (χ1v) is 5.82. The van der Waals surface area contributed by atoms with Crippen LogP contribution in [0.3, 0.4) is 0 Å². The van der Waals surface area contributed by atoms with Crippen LogP contribution in [0.4, 0.5) is 0 Å². The van der Waals surface area contributed by atoms with Gasteiger partial charge in [-0.2, -0.15) is 0 Å². The lowest BCUT2D eigenvalue weighted by molar-refractivity contribution is 0.348. The second-order valence-electron chi connectivity index (χ2n) is 4.02. The Morgan fingerprint density at radius 3 is 2.00 bits per heavy atom. The lowest BCUT2D eigenvalue weighted by Crippen LogP contribution is -2.32. The van der Waals surface area contributed by atoms with E-state index in [1.54, 1.807) is 0 Å². The molecule has 2 nitrogen and oxygen atoms in total. The second-order valence-corrected chi connectivity index (χ2v) is 4.02. The number of nitrogens with two attached hydrogens (primary N) is 1. The van der Waals surface area contributed by atoms with Crippen molar-refractivity contribution in [3.8, 4) is 11.8 Å². The fourth-order valence-corrected chi connectivity index (χ4v) is 1.58. The fourth-order valence-electron chi connectivity index (χ4n) is 1.58. The zero-order valence-corrected chi connectivity index (χ0v) is 10.3. The second kappa shape index (κ2) is 6.06. The Labute approximate surface area is 108 Å². The molecule has 0 spiro atoms. The molecule has 0 saturated heterocycles. The van der Waals surface area contributed by atoms with Gasteiger partial charge in [-0.1, -0.05) is 49.0 Å². The molecule has 3 heteroatoms. The normalized spacial score (nSPS) is 9.44. The van der Waals surface area contributed by atoms with Crippen molar-refractivity contribution < 1.29 is 4.76 Å². The monoisotopic (exact) mass is 235 g/mol. The van der Waals surface area contributed by atoms with Crippen LogP contribution in [0, 0.1) is 11.8 Å². The molecule has 0 heterocycles. The lowest BCUT2D eigenvalue weighted by Gasteiger charge is -2.04. The number of hydrogen-bond acceptors (Lipinski definition) is 2. The van der Waals surface area contributed by atoms with Gasteiger partial charge in [-0.3, -0.25) is 0 Å². The average Bonchev–Trinajstić information content (AvgIpc) is 2.46. The first kappa shape index (κ1) is 12.4. The summed E-state index contributed by atoms with van der Waals surface area (Å²) in [6.45, 7) is 1.81. The highest BCUT2D eigenvalue weighted by Gasteiger charge is 2.09. The van der Waals surface area contributed by atoms with E-state index in [0.717, 1.165) is 16.6 Å². The van der Waals surface area contributed by atoms with Crippen LogP contribution in [0.1, 0.15) is 11.1 Å². The van der Waals surface area contributed by atoms with Crippen LogP contribution in [-0.4, -0.2) is 6.92 Å². The zero-order chi connectivity index (χ0) is 12.8. The maximum Gasteiger partial charge on any atom is 0.350 e. The van der Waals surface area contributed by atoms with E-state index in [1.807, 2.05) is 61.4 Å². The first-order valence-electron chi connectivity index (χ1n) is 5.82. The van der Waals surface area contributed by atoms with Gasteiger partial charge in [0.2, 0.25) is 0 Å². The van der Waals surface area contributed by atoms with Gasteiger partial charge in [0.25, 0.3) is 0 Å². The van der Waals surface area contributed by atoms with Crippen molar-refractivity contribution in [3.63, 3.8) is 0 Å². The topological polar surface area (TPSA) is 35.2 Å². The maximum absolute atomic E-state index is 5.15. The molecule has 0 radical (unpaired) electrons. The summed E-state index contributed by atoms with van der Waals surface area (Å²) in [5.41, 5.74) is 3.04. The van der Waals surface area contributed by atoms with Crippen LogP contribution in [-0.2, 0) is 4.76 Å². The predicted molar refractivity (Wildman–Crippen MR) is 75.4 cm³/mol. The van der Waals surface area contributed by atoms with Gasteiger partial charge in [0.1, 0.15) is 0 Å². The minimum atomic E-state index is -0.0962. The van der Waals surface area contributed by atoms with Gasteiger partial charge in [-0.05, 0) is 29.7 Å². The third kappa shape index (κ3) is 3.24. The number of hydrogen-bond donors (Lipinski definition) is 1. The molecule has 0 aliphatic carbocycles. The first-order chi connectivity index (χ1) is 8.79. The number of rotatable bonds is 2. The molecule has 0 aromatic heterocycles. The van der Waals surface area contributed by atoms with E-state index in [-0.39, 0.29) is 6.92 Å². The summed E-state index contributed by atoms with van der Waals surface area (Å²) in [5, 5.41) is 0. The summed E-state index contributed by atoms with van der Waals surface area (Å²) >= 11 is 0. The van der Waals surface area contributed by atoms with Crippen molar-refractivity contribution in [2.45, 2.75) is 6.82 Å². The SMILES string of the molecule is CB(ON)c1ccc(C#Cc2ccccc2)cc1. The quantitative estimate of drug-likeness (QED) is 0.489. The molecule has 0 amide bonds. The molecule has 0 saturated carbocycles. The van der Waals surface area contributed by atoms with Crippen LogP contribution in [0.25, 0.3) is 0 Å². The number of benzene rings is 2. The molecular formula is C15H14BNO. The van der Waals surface area contributed by atoms with Crippen molar-refractivity contribution in [2.24, 2.45) is 5.90 Å². The summed E-state index contributed by atoms with van der Waals surface area (Å²) < 4.78 is 4.77. The highest BCUT2D eigenvalue weighted by molar-refractivity contribution is 6.65. The molecule has 18 heavy (non-hydrogen) atoms. The molecule has 0 bridgehead atoms. The molecule has 0 unspecified atom stereocenters. The van der Waals surface area contributed by atoms with Crippen molar-refractivity contribution in [1.82, 2.24) is 0 Å². The molecule has 0 aliphatic rings. The smallest absolute Gasteiger partial charge is 0.350 e. The summed E-state index contributed by atoms with van der Waals surface area (Å²) in [7, 11) is 0. The van der Waals surface area contributed by atoms with E-state index < -0.39 is 0 Å². The van der Waals surface area contributed by atoms with Gasteiger partial charge in [-0.15, -0.1) is 0 Å². The molecular weight excluding hydrogens is 221 g/mol. The minimum Gasteiger partial charge on any atom is -0.360 e. The molecule has 2 N–H and O–H groups in total. The summed E-state index contributed by atoms with van der Waals surface area (Å²) in [6.07, 6.45) is 0. The third-order valence-corrected chi connectivity index (χ3v) is 2.71. The molecule has 0 aliphatic heterocycles. The standard InChI is InChI=1S/C15H14BNO/c1-16(18-17)15-11-9-14(10-12-15)8-7-13-5-3-2-4-6-13/h2-6,9-12H,17H2,1H3. The van der Waals surface area contributed by atoms with E-state index in [2.05, 4.69) is 11.8 Å². The van der Waals surface area contributed by atoms with E-state index in [1.165, 1.54) is 0 Å². The van der Waals surface area contributed by atoms with Crippen LogP contribution in [0.15, 0.2) is 54.6 Å². The van der Waals surface area contributed by atoms with E-state index >= 15 is 0 Å². The van der Waals surface area contributed by atoms with Gasteiger partial charge in [0, 0.05) is 11.1 Å². The molecule has 2 aromatic carbocycles. The van der Waals surface area contributed by atoms with Gasteiger partial charge in [0.05, 0.1) is 0 Å². The summed E-state index contributed by atoms with van der Waals surface area (Å²) in [6, 6.07) is 17.8. The molecule has 0 atom stereocenters. The van der Waals surface area contributed by atoms with Crippen LogP contribution >= 0.6 is 0 Å². The van der Waals surface area contributed by atoms with Crippen molar-refractivity contribution in [1.29, 1.82) is 0 Å². The van der Waals surface area contributed by atoms with Crippen LogP contribution < -0.4 is 11.4 Å². The highest BCUT2D eigenvalue weighted by Crippen LogP contribution is 1.99. The zero-order valence-electron chi connectivity index (χ0n) is 10.3. The van der Waals surface area contributed by atoms with E-state index in [0.29, 0.717) is 0 Å². The Morgan fingerprint density at radius 2 is 1.44 bits per heavy atom. The van der Waals surface area contributed by atoms with Gasteiger partial charge in [0.15, 0.2) is 0 Å². The summed E-state index contributed by atoms with van der Waals surface area (Å²) in [5.74, 6) is 11.4. The largest absolute Gasteiger partial charge is 0.360 e. The molecule has 2 aromatic rings. The van der Waals surface area contributed by atoms with Crippen LogP contribution in [0.2, 0.25) is 6.82 Å². The highest BCUT2D eigenvalue weighted by atomic mass is 16.6. The molecule has 0 fully saturated rings. The van der Waals surface area contributed by atoms with E-state index in [4.69, 9.17) is 10.7 Å². The van der Waals surface area contributed by atoms with Gasteiger partial charge in [-0.25, -0.2) is 5.90 Å². The molecule has 88 valence electrons. The average molecular weight is 235 g/mol. The Balaban J connectivity index is 2.14. The van der Waals surface area contributed by atoms with Crippen LogP contribution in [0.5, 0.6) is 0 Å². The maximum atomic E-state index is 5.15.